The van der Waals surface area contributed by atoms with E-state index < -0.39 is 88.5 Å². The average Bonchev–Trinajstić information content (AvgIpc) is 2.75. The number of rotatable bonds is 6. The lowest BCUT2D eigenvalue weighted by Gasteiger charge is -2.61. The van der Waals surface area contributed by atoms with Crippen LogP contribution >= 0.6 is 11.6 Å². The van der Waals surface area contributed by atoms with Gasteiger partial charge >= 0.3 is 6.18 Å². The molecule has 37 heavy (non-hydrogen) atoms. The van der Waals surface area contributed by atoms with Gasteiger partial charge in [0, 0.05) is 29.5 Å². The van der Waals surface area contributed by atoms with Gasteiger partial charge in [-0.25, -0.2) is 26.3 Å². The van der Waals surface area contributed by atoms with Gasteiger partial charge in [-0.2, -0.15) is 13.2 Å². The Morgan fingerprint density at radius 1 is 1.24 bits per heavy atom. The Morgan fingerprint density at radius 3 is 2.46 bits per heavy atom. The van der Waals surface area contributed by atoms with Crippen LogP contribution in [0.4, 0.5) is 26.3 Å². The molecule has 5 rings (SSSR count). The highest BCUT2D eigenvalue weighted by atomic mass is 35.5. The molecule has 2 aromatic carbocycles. The smallest absolute Gasteiger partial charge is 0.376 e. The van der Waals surface area contributed by atoms with Crippen LogP contribution in [-0.4, -0.2) is 66.7 Å². The molecule has 202 valence electrons. The number of carbonyl (C=O) groups is 1. The fraction of sp³-hybridized carbons (Fsp3) is 0.435. The summed E-state index contributed by atoms with van der Waals surface area (Å²) >= 11 is 5.94. The number of amides is 1. The van der Waals surface area contributed by atoms with Gasteiger partial charge in [0.25, 0.3) is 5.91 Å². The number of aliphatic hydroxyl groups is 1. The van der Waals surface area contributed by atoms with Crippen molar-refractivity contribution in [3.63, 3.8) is 0 Å². The predicted octanol–water partition coefficient (Wildman–Crippen LogP) is 3.75. The largest absolute Gasteiger partial charge is 0.423 e. The minimum Gasteiger partial charge on any atom is -0.376 e. The SMILES string of the molecule is CS(=O)(=O)N[C@@H]1[C@H](Cc2cc(F)cc(-c3cccc(Cl)c3)c2F)N(C(=O)[C@H](O)C(F)(F)F)C2CC1(F)C2. The maximum absolute atomic E-state index is 15.6. The van der Waals surface area contributed by atoms with Crippen molar-refractivity contribution in [2.75, 3.05) is 6.26 Å². The van der Waals surface area contributed by atoms with Gasteiger partial charge in [0.05, 0.1) is 18.3 Å². The van der Waals surface area contributed by atoms with Crippen molar-refractivity contribution >= 4 is 27.5 Å². The van der Waals surface area contributed by atoms with Gasteiger partial charge in [-0.15, -0.1) is 0 Å². The number of hydrogen-bond donors (Lipinski definition) is 2. The summed E-state index contributed by atoms with van der Waals surface area (Å²) in [5, 5.41) is 9.84. The van der Waals surface area contributed by atoms with Crippen LogP contribution in [0.15, 0.2) is 36.4 Å². The molecule has 0 aromatic heterocycles. The van der Waals surface area contributed by atoms with Crippen LogP contribution in [0.25, 0.3) is 11.1 Å². The Kier molecular flexibility index (Phi) is 7.06. The van der Waals surface area contributed by atoms with E-state index in [2.05, 4.69) is 0 Å². The van der Waals surface area contributed by atoms with E-state index in [1.165, 1.54) is 24.3 Å². The second-order valence-corrected chi connectivity index (χ2v) is 11.6. The minimum atomic E-state index is -5.36. The lowest BCUT2D eigenvalue weighted by atomic mass is 9.64. The van der Waals surface area contributed by atoms with E-state index in [1.807, 2.05) is 4.72 Å². The maximum atomic E-state index is 15.6. The molecule has 14 heteroatoms. The fourth-order valence-corrected chi connectivity index (χ4v) is 6.11. The molecule has 2 N–H and O–H groups in total. The first-order chi connectivity index (χ1) is 17.0. The summed E-state index contributed by atoms with van der Waals surface area (Å²) < 4.78 is 111. The van der Waals surface area contributed by atoms with Crippen molar-refractivity contribution in [2.45, 2.75) is 55.3 Å². The Bertz CT molecular complexity index is 1330. The molecular weight excluding hydrogens is 550 g/mol. The van der Waals surface area contributed by atoms with Crippen LogP contribution in [0.3, 0.4) is 0 Å². The van der Waals surface area contributed by atoms with Crippen molar-refractivity contribution < 1.29 is 44.7 Å². The normalized spacial score (nSPS) is 26.5. The summed E-state index contributed by atoms with van der Waals surface area (Å²) in [7, 11) is -4.16. The summed E-state index contributed by atoms with van der Waals surface area (Å²) in [5.41, 5.74) is -2.78. The summed E-state index contributed by atoms with van der Waals surface area (Å²) in [4.78, 5) is 13.3. The number of nitrogens with one attached hydrogen (secondary N) is 1. The van der Waals surface area contributed by atoms with Crippen LogP contribution in [0, 0.1) is 11.6 Å². The average molecular weight is 571 g/mol. The van der Waals surface area contributed by atoms with Crippen molar-refractivity contribution in [2.24, 2.45) is 0 Å². The van der Waals surface area contributed by atoms with Gasteiger partial charge in [0.2, 0.25) is 16.1 Å². The van der Waals surface area contributed by atoms with E-state index in [4.69, 9.17) is 11.6 Å². The second-order valence-electron chi connectivity index (χ2n) is 9.36. The number of halogens is 7. The van der Waals surface area contributed by atoms with Gasteiger partial charge in [0.15, 0.2) is 0 Å². The molecule has 3 fully saturated rings. The third-order valence-corrected chi connectivity index (χ3v) is 7.58. The van der Waals surface area contributed by atoms with E-state index in [0.29, 0.717) is 11.2 Å². The summed E-state index contributed by atoms with van der Waals surface area (Å²) in [5.74, 6) is -3.79. The lowest BCUT2D eigenvalue weighted by Crippen LogP contribution is -2.78. The molecule has 3 atom stereocenters. The maximum Gasteiger partial charge on any atom is 0.423 e. The Hall–Kier alpha value is -2.35. The van der Waals surface area contributed by atoms with E-state index in [9.17, 15) is 35.9 Å². The molecule has 2 saturated heterocycles. The zero-order chi connectivity index (χ0) is 27.5. The standard InChI is InChI=1S/C23H21ClF6N2O4S/c1-37(35,36)31-19-17(32(15-9-22(19,27)10-15)21(34)20(33)23(28,29)30)7-12-6-14(25)8-16(18(12)26)11-3-2-4-13(24)5-11/h2-6,8,15,17,19-20,31,33H,7,9-10H2,1H3/t15?,17-,19+,20-,22?/m0/s1. The van der Waals surface area contributed by atoms with Crippen LogP contribution in [0.2, 0.25) is 5.02 Å². The monoisotopic (exact) mass is 570 g/mol. The van der Waals surface area contributed by atoms with Crippen LogP contribution in [0.5, 0.6) is 0 Å². The quantitative estimate of drug-likeness (QED) is 0.518. The number of benzene rings is 2. The van der Waals surface area contributed by atoms with Gasteiger partial charge < -0.3 is 10.0 Å². The predicted molar refractivity (Wildman–Crippen MR) is 122 cm³/mol. The lowest BCUT2D eigenvalue weighted by molar-refractivity contribution is -0.222. The number of piperidine rings is 2. The fourth-order valence-electron chi connectivity index (χ4n) is 5.09. The van der Waals surface area contributed by atoms with Gasteiger partial charge in [0.1, 0.15) is 17.3 Å². The molecule has 2 aliphatic heterocycles. The second kappa shape index (κ2) is 9.44. The number of sulfonamides is 1. The number of fused-ring (bicyclic) bond motifs is 2. The number of carbonyl (C=O) groups excluding carboxylic acids is 1. The molecule has 2 bridgehead atoms. The van der Waals surface area contributed by atoms with E-state index >= 15 is 8.78 Å². The molecule has 0 radical (unpaired) electrons. The molecule has 0 unspecified atom stereocenters. The Balaban J connectivity index is 1.81. The van der Waals surface area contributed by atoms with Crippen molar-refractivity contribution in [3.05, 3.63) is 58.6 Å². The van der Waals surface area contributed by atoms with E-state index in [1.54, 1.807) is 0 Å². The van der Waals surface area contributed by atoms with Crippen LogP contribution in [0.1, 0.15) is 18.4 Å². The molecule has 2 aromatic rings. The molecule has 6 nitrogen and oxygen atoms in total. The molecular formula is C23H21ClF6N2O4S. The minimum absolute atomic E-state index is 0.172. The van der Waals surface area contributed by atoms with Crippen molar-refractivity contribution in [1.82, 2.24) is 9.62 Å². The molecule has 3 aliphatic rings. The first-order valence-corrected chi connectivity index (χ1v) is 13.2. The highest BCUT2D eigenvalue weighted by Gasteiger charge is 2.65. The van der Waals surface area contributed by atoms with Crippen LogP contribution in [-0.2, 0) is 21.2 Å². The van der Waals surface area contributed by atoms with Gasteiger partial charge in [-0.05, 0) is 41.8 Å². The number of nitrogens with zero attached hydrogens (tertiary/aromatic N) is 1. The van der Waals surface area contributed by atoms with Gasteiger partial charge in [-0.1, -0.05) is 23.7 Å². The van der Waals surface area contributed by atoms with E-state index in [0.717, 1.165) is 12.1 Å². The summed E-state index contributed by atoms with van der Waals surface area (Å²) in [6.07, 6.45) is -9.88. The summed E-state index contributed by atoms with van der Waals surface area (Å²) in [6, 6.07) is 2.75. The molecule has 0 spiro atoms. The zero-order valence-electron chi connectivity index (χ0n) is 19.1. The third kappa shape index (κ3) is 5.45. The van der Waals surface area contributed by atoms with Crippen molar-refractivity contribution in [1.29, 1.82) is 0 Å². The molecule has 2 heterocycles. The van der Waals surface area contributed by atoms with E-state index in [-0.39, 0.29) is 16.1 Å². The summed E-state index contributed by atoms with van der Waals surface area (Å²) in [6.45, 7) is 0. The number of alkyl halides is 4. The molecule has 1 amide bonds. The zero-order valence-corrected chi connectivity index (χ0v) is 20.6. The highest BCUT2D eigenvalue weighted by molar-refractivity contribution is 7.88. The molecule has 1 aliphatic carbocycles. The number of hydrogen-bond acceptors (Lipinski definition) is 4. The topological polar surface area (TPSA) is 86.7 Å². The first-order valence-electron chi connectivity index (χ1n) is 11.0. The Labute approximate surface area is 213 Å². The van der Waals surface area contributed by atoms with Crippen LogP contribution < -0.4 is 4.72 Å². The molecule has 1 saturated carbocycles. The number of aliphatic hydroxyl groups excluding tert-OH is 1. The highest BCUT2D eigenvalue weighted by Crippen LogP contribution is 2.50. The van der Waals surface area contributed by atoms with Gasteiger partial charge in [-0.3, -0.25) is 4.79 Å². The van der Waals surface area contributed by atoms with Crippen molar-refractivity contribution in [3.8, 4) is 11.1 Å². The Morgan fingerprint density at radius 2 is 1.89 bits per heavy atom. The first kappa shape index (κ1) is 27.7. The third-order valence-electron chi connectivity index (χ3n) is 6.66.